The average molecular weight is 250 g/mol. The molecule has 2 N–H and O–H groups in total. The third kappa shape index (κ3) is 4.86. The van der Waals surface area contributed by atoms with Crippen molar-refractivity contribution < 1.29 is 14.3 Å². The second-order valence-corrected chi connectivity index (χ2v) is 4.89. The third-order valence-electron chi connectivity index (χ3n) is 2.00. The highest BCUT2D eigenvalue weighted by Gasteiger charge is 2.15. The zero-order valence-electron chi connectivity index (χ0n) is 11.0. The number of hydrazine groups is 1. The minimum Gasteiger partial charge on any atom is -0.443 e. The largest absolute Gasteiger partial charge is 0.443 e. The van der Waals surface area contributed by atoms with Crippen molar-refractivity contribution in [3.05, 3.63) is 29.8 Å². The van der Waals surface area contributed by atoms with Gasteiger partial charge in [-0.25, -0.2) is 10.2 Å². The van der Waals surface area contributed by atoms with Gasteiger partial charge in [-0.1, -0.05) is 0 Å². The van der Waals surface area contributed by atoms with E-state index in [1.165, 1.54) is 6.92 Å². The summed E-state index contributed by atoms with van der Waals surface area (Å²) in [5, 5.41) is 0. The molecule has 0 bridgehead atoms. The molecule has 0 saturated heterocycles. The first-order chi connectivity index (χ1) is 8.28. The fraction of sp³-hybridized carbons (Fsp3) is 0.385. The number of ether oxygens (including phenoxy) is 1. The van der Waals surface area contributed by atoms with Crippen molar-refractivity contribution >= 4 is 17.6 Å². The molecule has 1 amide bonds. The van der Waals surface area contributed by atoms with Crippen LogP contribution in [0.25, 0.3) is 0 Å². The van der Waals surface area contributed by atoms with E-state index in [2.05, 4.69) is 10.9 Å². The Hall–Kier alpha value is -2.04. The van der Waals surface area contributed by atoms with Crippen molar-refractivity contribution in [1.82, 2.24) is 5.43 Å². The van der Waals surface area contributed by atoms with Gasteiger partial charge in [-0.3, -0.25) is 10.2 Å². The fourth-order valence-electron chi connectivity index (χ4n) is 1.22. The first kappa shape index (κ1) is 14.0. The highest BCUT2D eigenvalue weighted by Crippen LogP contribution is 2.10. The number of anilines is 1. The van der Waals surface area contributed by atoms with E-state index in [1.54, 1.807) is 45.0 Å². The van der Waals surface area contributed by atoms with Crippen LogP contribution in [0.4, 0.5) is 10.5 Å². The van der Waals surface area contributed by atoms with E-state index in [4.69, 9.17) is 4.74 Å². The molecular formula is C13H18N2O3. The number of carbonyl (C=O) groups excluding carboxylic acids is 2. The zero-order chi connectivity index (χ0) is 13.8. The van der Waals surface area contributed by atoms with E-state index in [0.717, 1.165) is 0 Å². The summed E-state index contributed by atoms with van der Waals surface area (Å²) in [6, 6.07) is 6.77. The molecular weight excluding hydrogens is 232 g/mol. The van der Waals surface area contributed by atoms with Crippen molar-refractivity contribution in [3.8, 4) is 0 Å². The molecule has 0 spiro atoms. The van der Waals surface area contributed by atoms with Crippen molar-refractivity contribution in [1.29, 1.82) is 0 Å². The maximum absolute atomic E-state index is 11.4. The molecule has 0 fully saturated rings. The zero-order valence-corrected chi connectivity index (χ0v) is 11.0. The van der Waals surface area contributed by atoms with Gasteiger partial charge in [0.15, 0.2) is 5.78 Å². The topological polar surface area (TPSA) is 67.4 Å². The number of carbonyl (C=O) groups is 2. The third-order valence-corrected chi connectivity index (χ3v) is 2.00. The number of hydrogen-bond acceptors (Lipinski definition) is 4. The second kappa shape index (κ2) is 5.53. The molecule has 0 aromatic heterocycles. The quantitative estimate of drug-likeness (QED) is 0.639. The van der Waals surface area contributed by atoms with E-state index in [9.17, 15) is 9.59 Å². The van der Waals surface area contributed by atoms with Gasteiger partial charge in [0.1, 0.15) is 5.60 Å². The van der Waals surface area contributed by atoms with Gasteiger partial charge < -0.3 is 4.74 Å². The van der Waals surface area contributed by atoms with E-state index in [-0.39, 0.29) is 5.78 Å². The maximum atomic E-state index is 11.4. The van der Waals surface area contributed by atoms with Crippen LogP contribution in [0.2, 0.25) is 0 Å². The van der Waals surface area contributed by atoms with Crippen LogP contribution in [0.15, 0.2) is 24.3 Å². The predicted molar refractivity (Wildman–Crippen MR) is 69.4 cm³/mol. The molecule has 0 aliphatic heterocycles. The van der Waals surface area contributed by atoms with Crippen LogP contribution in [-0.2, 0) is 4.74 Å². The van der Waals surface area contributed by atoms with Gasteiger partial charge >= 0.3 is 6.09 Å². The highest BCUT2D eigenvalue weighted by molar-refractivity contribution is 5.94. The Bertz CT molecular complexity index is 433. The Morgan fingerprint density at radius 2 is 1.67 bits per heavy atom. The first-order valence-electron chi connectivity index (χ1n) is 5.64. The van der Waals surface area contributed by atoms with E-state index in [0.29, 0.717) is 11.3 Å². The van der Waals surface area contributed by atoms with Crippen molar-refractivity contribution in [2.45, 2.75) is 33.3 Å². The normalized spacial score (nSPS) is 10.7. The molecule has 98 valence electrons. The van der Waals surface area contributed by atoms with Gasteiger partial charge in [-0.05, 0) is 52.0 Å². The number of amides is 1. The lowest BCUT2D eigenvalue weighted by molar-refractivity contribution is 0.0541. The van der Waals surface area contributed by atoms with Gasteiger partial charge in [0.05, 0.1) is 5.69 Å². The van der Waals surface area contributed by atoms with Crippen LogP contribution in [-0.4, -0.2) is 17.5 Å². The Morgan fingerprint density at radius 3 is 2.11 bits per heavy atom. The molecule has 0 unspecified atom stereocenters. The van der Waals surface area contributed by atoms with E-state index in [1.807, 2.05) is 0 Å². The minimum absolute atomic E-state index is 0.00153. The fourth-order valence-corrected chi connectivity index (χ4v) is 1.22. The molecule has 18 heavy (non-hydrogen) atoms. The number of hydrogen-bond donors (Lipinski definition) is 2. The Balaban J connectivity index is 2.49. The van der Waals surface area contributed by atoms with Crippen molar-refractivity contribution in [3.63, 3.8) is 0 Å². The standard InChI is InChI=1S/C13H18N2O3/c1-9(16)10-5-7-11(8-6-10)14-15-12(17)18-13(2,3)4/h5-8,14H,1-4H3,(H,15,17). The summed E-state index contributed by atoms with van der Waals surface area (Å²) in [5.74, 6) is 0.00153. The van der Waals surface area contributed by atoms with Gasteiger partial charge in [-0.2, -0.15) is 0 Å². The molecule has 0 saturated carbocycles. The molecule has 1 aromatic carbocycles. The number of rotatable bonds is 3. The van der Waals surface area contributed by atoms with Crippen LogP contribution in [0, 0.1) is 0 Å². The van der Waals surface area contributed by atoms with Crippen LogP contribution in [0.3, 0.4) is 0 Å². The van der Waals surface area contributed by atoms with Crippen molar-refractivity contribution in [2.24, 2.45) is 0 Å². The lowest BCUT2D eigenvalue weighted by atomic mass is 10.1. The summed E-state index contributed by atoms with van der Waals surface area (Å²) in [6.45, 7) is 6.86. The smallest absolute Gasteiger partial charge is 0.426 e. The monoisotopic (exact) mass is 250 g/mol. The molecule has 0 radical (unpaired) electrons. The summed E-state index contributed by atoms with van der Waals surface area (Å²) in [5.41, 5.74) is 5.86. The SMILES string of the molecule is CC(=O)c1ccc(NNC(=O)OC(C)(C)C)cc1. The summed E-state index contributed by atoms with van der Waals surface area (Å²) in [4.78, 5) is 22.4. The minimum atomic E-state index is -0.557. The molecule has 5 heteroatoms. The average Bonchev–Trinajstić information content (AvgIpc) is 2.24. The lowest BCUT2D eigenvalue weighted by Gasteiger charge is -2.20. The van der Waals surface area contributed by atoms with E-state index >= 15 is 0 Å². The van der Waals surface area contributed by atoms with E-state index < -0.39 is 11.7 Å². The Morgan fingerprint density at radius 1 is 1.11 bits per heavy atom. The Kier molecular flexibility index (Phi) is 4.31. The lowest BCUT2D eigenvalue weighted by Crippen LogP contribution is -2.35. The molecule has 0 aliphatic rings. The molecule has 1 rings (SSSR count). The number of ketones is 1. The number of Topliss-reactive ketones (excluding diaryl/α,β-unsaturated/α-hetero) is 1. The van der Waals surface area contributed by atoms with Crippen molar-refractivity contribution in [2.75, 3.05) is 5.43 Å². The molecule has 0 heterocycles. The van der Waals surface area contributed by atoms with Crippen LogP contribution < -0.4 is 10.9 Å². The number of benzene rings is 1. The van der Waals surface area contributed by atoms with Gasteiger partial charge in [0.25, 0.3) is 0 Å². The molecule has 0 aliphatic carbocycles. The second-order valence-electron chi connectivity index (χ2n) is 4.89. The van der Waals surface area contributed by atoms with Crippen LogP contribution in [0.1, 0.15) is 38.1 Å². The Labute approximate surface area is 106 Å². The van der Waals surface area contributed by atoms with Gasteiger partial charge in [-0.15, -0.1) is 0 Å². The summed E-state index contributed by atoms with van der Waals surface area (Å²) >= 11 is 0. The molecule has 0 atom stereocenters. The van der Waals surface area contributed by atoms with Crippen LogP contribution in [0.5, 0.6) is 0 Å². The molecule has 1 aromatic rings. The highest BCUT2D eigenvalue weighted by atomic mass is 16.6. The van der Waals surface area contributed by atoms with Gasteiger partial charge in [0, 0.05) is 5.56 Å². The first-order valence-corrected chi connectivity index (χ1v) is 5.64. The summed E-state index contributed by atoms with van der Waals surface area (Å²) in [7, 11) is 0. The number of nitrogens with one attached hydrogen (secondary N) is 2. The molecule has 5 nitrogen and oxygen atoms in total. The van der Waals surface area contributed by atoms with Gasteiger partial charge in [0.2, 0.25) is 0 Å². The predicted octanol–water partition coefficient (Wildman–Crippen LogP) is 2.74. The summed E-state index contributed by atoms with van der Waals surface area (Å²) < 4.78 is 5.05. The van der Waals surface area contributed by atoms with Crippen LogP contribution >= 0.6 is 0 Å². The maximum Gasteiger partial charge on any atom is 0.426 e. The summed E-state index contributed by atoms with van der Waals surface area (Å²) in [6.07, 6.45) is -0.557.